The van der Waals surface area contributed by atoms with E-state index < -0.39 is 0 Å². The van der Waals surface area contributed by atoms with Gasteiger partial charge in [0.2, 0.25) is 0 Å². The summed E-state index contributed by atoms with van der Waals surface area (Å²) in [6.07, 6.45) is 11.4. The minimum atomic E-state index is -0.193. The fourth-order valence-corrected chi connectivity index (χ4v) is 8.51. The average Bonchev–Trinajstić information content (AvgIpc) is 3.23. The van der Waals surface area contributed by atoms with Gasteiger partial charge < -0.3 is 4.74 Å². The lowest BCUT2D eigenvalue weighted by Gasteiger charge is -2.56. The van der Waals surface area contributed by atoms with E-state index in [9.17, 15) is 9.59 Å². The van der Waals surface area contributed by atoms with E-state index in [0.29, 0.717) is 30.0 Å². The van der Waals surface area contributed by atoms with Crippen molar-refractivity contribution in [3.8, 4) is 0 Å². The molecule has 140 valence electrons. The zero-order valence-electron chi connectivity index (χ0n) is 16.1. The van der Waals surface area contributed by atoms with Gasteiger partial charge in [0.05, 0.1) is 0 Å². The van der Waals surface area contributed by atoms with E-state index in [4.69, 9.17) is 4.74 Å². The van der Waals surface area contributed by atoms with Crippen molar-refractivity contribution >= 4 is 11.8 Å². The number of hydrogen-bond acceptors (Lipinski definition) is 3. The third kappa shape index (κ3) is 1.67. The molecule has 7 unspecified atom stereocenters. The van der Waals surface area contributed by atoms with Crippen molar-refractivity contribution in [2.45, 2.75) is 77.2 Å². The highest BCUT2D eigenvalue weighted by atomic mass is 16.6. The number of esters is 1. The molecule has 0 N–H and O–H groups in total. The summed E-state index contributed by atoms with van der Waals surface area (Å²) < 4.78 is 6.04. The summed E-state index contributed by atoms with van der Waals surface area (Å²) in [4.78, 5) is 24.1. The van der Waals surface area contributed by atoms with Crippen molar-refractivity contribution < 1.29 is 14.3 Å². The molecule has 0 aromatic rings. The molecule has 0 aromatic heterocycles. The summed E-state index contributed by atoms with van der Waals surface area (Å²) in [5.41, 5.74) is 1.88. The third-order valence-corrected chi connectivity index (χ3v) is 10.0. The molecular weight excluding hydrogens is 324 g/mol. The van der Waals surface area contributed by atoms with Gasteiger partial charge in [-0.1, -0.05) is 25.5 Å². The van der Waals surface area contributed by atoms with Gasteiger partial charge in [0.15, 0.2) is 0 Å². The minimum absolute atomic E-state index is 0.0208. The van der Waals surface area contributed by atoms with Crippen molar-refractivity contribution in [1.82, 2.24) is 0 Å². The second-order valence-electron chi connectivity index (χ2n) is 10.8. The van der Waals surface area contributed by atoms with Crippen LogP contribution in [0.2, 0.25) is 0 Å². The summed E-state index contributed by atoms with van der Waals surface area (Å²) in [5.74, 6) is 4.03. The number of carbonyl (C=O) groups is 2. The van der Waals surface area contributed by atoms with Gasteiger partial charge in [0.25, 0.3) is 0 Å². The van der Waals surface area contributed by atoms with E-state index in [0.717, 1.165) is 50.4 Å². The van der Waals surface area contributed by atoms with Crippen LogP contribution in [-0.4, -0.2) is 17.4 Å². The Morgan fingerprint density at radius 3 is 2.65 bits per heavy atom. The van der Waals surface area contributed by atoms with Crippen LogP contribution < -0.4 is 0 Å². The van der Waals surface area contributed by atoms with Crippen LogP contribution in [0.25, 0.3) is 0 Å². The molecule has 8 atom stereocenters. The molecule has 5 fully saturated rings. The molecule has 0 bridgehead atoms. The zero-order valence-corrected chi connectivity index (χ0v) is 16.1. The maximum Gasteiger partial charge on any atom is 0.306 e. The first kappa shape index (κ1) is 15.9. The van der Waals surface area contributed by atoms with Gasteiger partial charge in [-0.3, -0.25) is 9.59 Å². The van der Waals surface area contributed by atoms with E-state index in [2.05, 4.69) is 19.9 Å². The van der Waals surface area contributed by atoms with Crippen LogP contribution in [0.4, 0.5) is 0 Å². The molecule has 1 heterocycles. The number of hydrogen-bond donors (Lipinski definition) is 0. The van der Waals surface area contributed by atoms with E-state index in [1.54, 1.807) is 5.57 Å². The first-order chi connectivity index (χ1) is 12.4. The van der Waals surface area contributed by atoms with E-state index >= 15 is 0 Å². The highest BCUT2D eigenvalue weighted by Crippen LogP contribution is 2.75. The molecule has 0 amide bonds. The Hall–Kier alpha value is -1.12. The summed E-state index contributed by atoms with van der Waals surface area (Å²) in [7, 11) is 0. The van der Waals surface area contributed by atoms with Crippen molar-refractivity contribution in [3.63, 3.8) is 0 Å². The Morgan fingerprint density at radius 2 is 1.88 bits per heavy atom. The number of allylic oxidation sites excluding steroid dienone is 2. The second kappa shape index (κ2) is 4.64. The number of ether oxygens (including phenoxy) is 1. The highest BCUT2D eigenvalue weighted by molar-refractivity contribution is 5.80. The maximum absolute atomic E-state index is 12.2. The number of carbonyl (C=O) groups excluding carboxylic acids is 2. The molecule has 6 rings (SSSR count). The van der Waals surface area contributed by atoms with Crippen molar-refractivity contribution in [3.05, 3.63) is 11.6 Å². The lowest BCUT2D eigenvalue weighted by atomic mass is 9.48. The highest BCUT2D eigenvalue weighted by Gasteiger charge is 2.70. The molecule has 3 heteroatoms. The molecule has 6 aliphatic rings. The maximum atomic E-state index is 12.2. The summed E-state index contributed by atoms with van der Waals surface area (Å²) in [6.45, 7) is 4.90. The first-order valence-corrected chi connectivity index (χ1v) is 10.8. The largest absolute Gasteiger partial charge is 0.458 e. The Kier molecular flexibility index (Phi) is 2.84. The van der Waals surface area contributed by atoms with Gasteiger partial charge >= 0.3 is 5.97 Å². The summed E-state index contributed by atoms with van der Waals surface area (Å²) in [5, 5.41) is 0. The van der Waals surface area contributed by atoms with Crippen LogP contribution in [0, 0.1) is 40.4 Å². The van der Waals surface area contributed by atoms with E-state index in [1.807, 2.05) is 0 Å². The number of ketones is 1. The molecule has 4 saturated carbocycles. The molecule has 3 nitrogen and oxygen atoms in total. The summed E-state index contributed by atoms with van der Waals surface area (Å²) in [6, 6.07) is 0. The van der Waals surface area contributed by atoms with Crippen LogP contribution in [0.1, 0.15) is 71.6 Å². The predicted molar refractivity (Wildman–Crippen MR) is 97.1 cm³/mol. The molecule has 0 aromatic carbocycles. The fourth-order valence-electron chi connectivity index (χ4n) is 8.51. The average molecular weight is 354 g/mol. The van der Waals surface area contributed by atoms with Gasteiger partial charge in [-0.15, -0.1) is 0 Å². The van der Waals surface area contributed by atoms with Crippen LogP contribution >= 0.6 is 0 Å². The second-order valence-corrected chi connectivity index (χ2v) is 10.8. The number of fused-ring (bicyclic) bond motifs is 9. The Morgan fingerprint density at radius 1 is 1.04 bits per heavy atom. The molecule has 0 radical (unpaired) electrons. The van der Waals surface area contributed by atoms with Crippen LogP contribution in [0.5, 0.6) is 0 Å². The zero-order chi connectivity index (χ0) is 17.9. The Labute approximate surface area is 155 Å². The van der Waals surface area contributed by atoms with Gasteiger partial charge in [0.1, 0.15) is 11.4 Å². The monoisotopic (exact) mass is 354 g/mol. The standard InChI is InChI=1S/C23H30O3/c1-21-7-3-13(24)11-18(21)14-12-15(14)20-16(21)4-8-22(2)17(20)5-9-23(22)10-6-19(25)26-23/h4,14-15,17-18,20H,3,5-12H2,1-2H3/t14?,15?,17?,18?,20?,21?,22?,23-/m1/s1. The third-order valence-electron chi connectivity index (χ3n) is 10.0. The molecule has 1 spiro atoms. The lowest BCUT2D eigenvalue weighted by molar-refractivity contribution is -0.160. The van der Waals surface area contributed by atoms with Crippen molar-refractivity contribution in [2.24, 2.45) is 40.4 Å². The smallest absolute Gasteiger partial charge is 0.306 e. The molecule has 1 aliphatic heterocycles. The van der Waals surface area contributed by atoms with Crippen LogP contribution in [0.3, 0.4) is 0 Å². The predicted octanol–water partition coefficient (Wildman–Crippen LogP) is 4.45. The van der Waals surface area contributed by atoms with Crippen LogP contribution in [-0.2, 0) is 14.3 Å². The molecule has 5 aliphatic carbocycles. The molecular formula is C23H30O3. The van der Waals surface area contributed by atoms with Gasteiger partial charge in [-0.2, -0.15) is 0 Å². The molecule has 26 heavy (non-hydrogen) atoms. The van der Waals surface area contributed by atoms with E-state index in [1.165, 1.54) is 12.8 Å². The van der Waals surface area contributed by atoms with Gasteiger partial charge in [0, 0.05) is 24.7 Å². The fraction of sp³-hybridized carbons (Fsp3) is 0.826. The van der Waals surface area contributed by atoms with Crippen molar-refractivity contribution in [1.29, 1.82) is 0 Å². The normalized spacial score (nSPS) is 57.0. The number of rotatable bonds is 0. The summed E-state index contributed by atoms with van der Waals surface area (Å²) >= 11 is 0. The Bertz CT molecular complexity index is 753. The van der Waals surface area contributed by atoms with Crippen LogP contribution in [0.15, 0.2) is 11.6 Å². The first-order valence-electron chi connectivity index (χ1n) is 10.8. The Balaban J connectivity index is 1.43. The quantitative estimate of drug-likeness (QED) is 0.477. The number of Topliss-reactive ketones (excluding diaryl/α,β-unsaturated/α-hetero) is 1. The topological polar surface area (TPSA) is 43.4 Å². The minimum Gasteiger partial charge on any atom is -0.458 e. The molecule has 1 saturated heterocycles. The van der Waals surface area contributed by atoms with Crippen molar-refractivity contribution in [2.75, 3.05) is 0 Å². The SMILES string of the molecule is CC12CCC(=O)CC1C1CC1C1C2=CCC2(C)C1CC[C@@]21CCC(=O)O1. The van der Waals surface area contributed by atoms with Gasteiger partial charge in [-0.25, -0.2) is 0 Å². The lowest BCUT2D eigenvalue weighted by Crippen LogP contribution is -2.53. The van der Waals surface area contributed by atoms with Gasteiger partial charge in [-0.05, 0) is 73.5 Å². The van der Waals surface area contributed by atoms with E-state index in [-0.39, 0.29) is 22.4 Å².